The molecular weight excluding hydrogens is 326 g/mol. The van der Waals surface area contributed by atoms with E-state index in [4.69, 9.17) is 9.47 Å². The zero-order valence-corrected chi connectivity index (χ0v) is 16.9. The van der Waals surface area contributed by atoms with Crippen molar-refractivity contribution >= 4 is 5.91 Å². The Balaban J connectivity index is 1.56. The molecule has 0 aromatic heterocycles. The fourth-order valence-electron chi connectivity index (χ4n) is 7.19. The molecule has 1 aliphatic heterocycles. The predicted molar refractivity (Wildman–Crippen MR) is 102 cm³/mol. The Kier molecular flexibility index (Phi) is 5.11. The largest absolute Gasteiger partial charge is 0.384 e. The molecule has 1 N–H and O–H groups in total. The van der Waals surface area contributed by atoms with Crippen LogP contribution in [-0.2, 0) is 14.3 Å². The van der Waals surface area contributed by atoms with Crippen molar-refractivity contribution in [3.8, 4) is 0 Å². The van der Waals surface area contributed by atoms with E-state index in [1.807, 2.05) is 0 Å². The SMILES string of the molecule is COCCC(=O)N[C@H]1C(C)(C)[C@@H]2C[C@@H]3[C@@H](C4CCCCC4)OCCC31C2. The number of hydrogen-bond donors (Lipinski definition) is 1. The average molecular weight is 364 g/mol. The van der Waals surface area contributed by atoms with Gasteiger partial charge in [-0.25, -0.2) is 0 Å². The molecule has 2 bridgehead atoms. The highest BCUT2D eigenvalue weighted by Gasteiger charge is 2.68. The normalized spacial score (nSPS) is 41.8. The van der Waals surface area contributed by atoms with Crippen LogP contribution in [0.3, 0.4) is 0 Å². The van der Waals surface area contributed by atoms with E-state index in [-0.39, 0.29) is 22.8 Å². The second-order valence-corrected chi connectivity index (χ2v) is 10.0. The Morgan fingerprint density at radius 2 is 2.00 bits per heavy atom. The van der Waals surface area contributed by atoms with Crippen LogP contribution in [-0.4, -0.2) is 38.4 Å². The van der Waals surface area contributed by atoms with Crippen molar-refractivity contribution in [2.24, 2.45) is 28.6 Å². The predicted octanol–water partition coefficient (Wildman–Crippen LogP) is 3.93. The first-order valence-electron chi connectivity index (χ1n) is 10.9. The van der Waals surface area contributed by atoms with Crippen molar-refractivity contribution in [3.63, 3.8) is 0 Å². The zero-order chi connectivity index (χ0) is 18.4. The summed E-state index contributed by atoms with van der Waals surface area (Å²) < 4.78 is 11.5. The van der Waals surface area contributed by atoms with Crippen molar-refractivity contribution in [1.29, 1.82) is 0 Å². The van der Waals surface area contributed by atoms with E-state index >= 15 is 0 Å². The fourth-order valence-corrected chi connectivity index (χ4v) is 7.19. The highest BCUT2D eigenvalue weighted by Crippen LogP contribution is 2.69. The highest BCUT2D eigenvalue weighted by atomic mass is 16.5. The summed E-state index contributed by atoms with van der Waals surface area (Å²) in [7, 11) is 1.66. The van der Waals surface area contributed by atoms with Crippen molar-refractivity contribution < 1.29 is 14.3 Å². The lowest BCUT2D eigenvalue weighted by atomic mass is 9.57. The number of fused-ring (bicyclic) bond motifs is 1. The van der Waals surface area contributed by atoms with Gasteiger partial charge in [0.25, 0.3) is 0 Å². The summed E-state index contributed by atoms with van der Waals surface area (Å²) >= 11 is 0. The monoisotopic (exact) mass is 363 g/mol. The lowest BCUT2D eigenvalue weighted by Crippen LogP contribution is -2.61. The summed E-state index contributed by atoms with van der Waals surface area (Å²) in [4.78, 5) is 12.6. The van der Waals surface area contributed by atoms with Crippen molar-refractivity contribution in [2.45, 2.75) is 83.8 Å². The van der Waals surface area contributed by atoms with E-state index in [0.29, 0.717) is 31.0 Å². The maximum Gasteiger partial charge on any atom is 0.222 e. The molecule has 1 unspecified atom stereocenters. The molecule has 1 spiro atoms. The van der Waals surface area contributed by atoms with Crippen LogP contribution >= 0.6 is 0 Å². The molecule has 26 heavy (non-hydrogen) atoms. The molecule has 3 aliphatic carbocycles. The summed E-state index contributed by atoms with van der Waals surface area (Å²) in [5, 5.41) is 3.47. The van der Waals surface area contributed by atoms with Crippen LogP contribution < -0.4 is 5.32 Å². The van der Waals surface area contributed by atoms with Gasteiger partial charge in [0, 0.05) is 26.2 Å². The number of rotatable bonds is 5. The smallest absolute Gasteiger partial charge is 0.222 e. The van der Waals surface area contributed by atoms with E-state index < -0.39 is 0 Å². The van der Waals surface area contributed by atoms with Gasteiger partial charge in [0.15, 0.2) is 0 Å². The third-order valence-corrected chi connectivity index (χ3v) is 8.50. The maximum absolute atomic E-state index is 12.6. The van der Waals surface area contributed by atoms with E-state index in [2.05, 4.69) is 19.2 Å². The summed E-state index contributed by atoms with van der Waals surface area (Å²) in [5.74, 6) is 2.27. The first-order valence-corrected chi connectivity index (χ1v) is 10.9. The Morgan fingerprint density at radius 3 is 2.73 bits per heavy atom. The summed E-state index contributed by atoms with van der Waals surface area (Å²) in [5.41, 5.74) is 0.449. The molecule has 4 fully saturated rings. The minimum atomic E-state index is 0.159. The number of carbonyl (C=O) groups excluding carboxylic acids is 1. The number of carbonyl (C=O) groups is 1. The molecule has 1 amide bonds. The van der Waals surface area contributed by atoms with Gasteiger partial charge in [0.05, 0.1) is 12.7 Å². The number of nitrogens with one attached hydrogen (secondary N) is 1. The molecule has 3 saturated carbocycles. The fraction of sp³-hybridized carbons (Fsp3) is 0.955. The molecule has 4 heteroatoms. The maximum atomic E-state index is 12.6. The van der Waals surface area contributed by atoms with E-state index in [1.165, 1.54) is 44.9 Å². The van der Waals surface area contributed by atoms with Gasteiger partial charge in [-0.05, 0) is 60.7 Å². The average Bonchev–Trinajstić information content (AvgIpc) is 3.13. The minimum absolute atomic E-state index is 0.159. The Hall–Kier alpha value is -0.610. The number of ether oxygens (including phenoxy) is 2. The summed E-state index contributed by atoms with van der Waals surface area (Å²) in [6.45, 7) is 6.15. The van der Waals surface area contributed by atoms with Gasteiger partial charge in [0.1, 0.15) is 0 Å². The zero-order valence-electron chi connectivity index (χ0n) is 16.9. The van der Waals surface area contributed by atoms with Gasteiger partial charge < -0.3 is 14.8 Å². The lowest BCUT2D eigenvalue weighted by molar-refractivity contribution is -0.150. The topological polar surface area (TPSA) is 47.6 Å². The van der Waals surface area contributed by atoms with E-state index in [1.54, 1.807) is 7.11 Å². The van der Waals surface area contributed by atoms with Crippen LogP contribution in [0.1, 0.15) is 71.6 Å². The Morgan fingerprint density at radius 1 is 1.23 bits per heavy atom. The number of amides is 1. The standard InChI is InChI=1S/C22H37NO3/c1-21(2)16-13-17-19(15-7-5-4-6-8-15)26-12-10-22(17,14-16)20(21)23-18(24)9-11-25-3/h15-17,19-20H,4-14H2,1-3H3,(H,23,24)/t16-,17-,19-,20+,22?/m1/s1. The molecule has 4 rings (SSSR count). The van der Waals surface area contributed by atoms with Crippen molar-refractivity contribution in [1.82, 2.24) is 5.32 Å². The summed E-state index contributed by atoms with van der Waals surface area (Å²) in [6, 6.07) is 0.290. The molecule has 4 aliphatic rings. The lowest BCUT2D eigenvalue weighted by Gasteiger charge is -2.55. The third-order valence-electron chi connectivity index (χ3n) is 8.50. The van der Waals surface area contributed by atoms with Crippen molar-refractivity contribution in [3.05, 3.63) is 0 Å². The highest BCUT2D eigenvalue weighted by molar-refractivity contribution is 5.76. The minimum Gasteiger partial charge on any atom is -0.384 e. The molecule has 148 valence electrons. The Labute approximate surface area is 158 Å². The number of hydrogen-bond acceptors (Lipinski definition) is 3. The first kappa shape index (κ1) is 18.7. The van der Waals surface area contributed by atoms with Gasteiger partial charge in [-0.3, -0.25) is 4.79 Å². The number of methoxy groups -OCH3 is 1. The van der Waals surface area contributed by atoms with E-state index in [0.717, 1.165) is 18.9 Å². The van der Waals surface area contributed by atoms with Gasteiger partial charge in [0.2, 0.25) is 5.91 Å². The van der Waals surface area contributed by atoms with E-state index in [9.17, 15) is 4.79 Å². The van der Waals surface area contributed by atoms with Gasteiger partial charge in [-0.1, -0.05) is 33.1 Å². The van der Waals surface area contributed by atoms with Crippen LogP contribution in [0.2, 0.25) is 0 Å². The van der Waals surface area contributed by atoms with Gasteiger partial charge >= 0.3 is 0 Å². The second kappa shape index (κ2) is 7.09. The van der Waals surface area contributed by atoms with Crippen LogP contribution in [0.4, 0.5) is 0 Å². The molecular formula is C22H37NO3. The summed E-state index contributed by atoms with van der Waals surface area (Å²) in [6.07, 6.45) is 11.4. The second-order valence-electron chi connectivity index (χ2n) is 10.0. The molecule has 4 nitrogen and oxygen atoms in total. The third kappa shape index (κ3) is 2.92. The van der Waals surface area contributed by atoms with Gasteiger partial charge in [-0.15, -0.1) is 0 Å². The first-order chi connectivity index (χ1) is 12.5. The molecule has 1 saturated heterocycles. The van der Waals surface area contributed by atoms with Crippen LogP contribution in [0.25, 0.3) is 0 Å². The molecule has 0 aromatic carbocycles. The van der Waals surface area contributed by atoms with Gasteiger partial charge in [-0.2, -0.15) is 0 Å². The molecule has 0 aromatic rings. The Bertz CT molecular complexity index is 527. The van der Waals surface area contributed by atoms with Crippen LogP contribution in [0.5, 0.6) is 0 Å². The van der Waals surface area contributed by atoms with Crippen molar-refractivity contribution in [2.75, 3.05) is 20.3 Å². The molecule has 5 atom stereocenters. The molecule has 0 radical (unpaired) electrons. The van der Waals surface area contributed by atoms with Crippen LogP contribution in [0.15, 0.2) is 0 Å². The van der Waals surface area contributed by atoms with Crippen LogP contribution in [0, 0.1) is 28.6 Å². The quantitative estimate of drug-likeness (QED) is 0.805. The molecule has 1 heterocycles.